The van der Waals surface area contributed by atoms with E-state index in [-0.39, 0.29) is 76.2 Å². The van der Waals surface area contributed by atoms with Crippen molar-refractivity contribution in [3.63, 3.8) is 0 Å². The third-order valence-electron chi connectivity index (χ3n) is 4.32. The van der Waals surface area contributed by atoms with Crippen molar-refractivity contribution in [3.8, 4) is 0 Å². The molecule has 0 amide bonds. The smallest absolute Gasteiger partial charge is 0.858 e. The van der Waals surface area contributed by atoms with Crippen molar-refractivity contribution < 1.29 is 89.8 Å². The minimum atomic E-state index is -4.48. The van der Waals surface area contributed by atoms with Crippen molar-refractivity contribution in [1.82, 2.24) is 0 Å². The number of hydrogen-bond acceptors (Lipinski definition) is 7. The number of rotatable bonds is 12. The van der Waals surface area contributed by atoms with Crippen LogP contribution in [-0.4, -0.2) is 33.9 Å². The summed E-state index contributed by atoms with van der Waals surface area (Å²) in [6.45, 7) is 2.24. The molecule has 8 nitrogen and oxygen atoms in total. The Morgan fingerprint density at radius 2 is 1.39 bits per heavy atom. The van der Waals surface area contributed by atoms with E-state index in [0.717, 1.165) is 12.8 Å². The topological polar surface area (TPSA) is 136 Å². The van der Waals surface area contributed by atoms with Crippen LogP contribution in [0.2, 0.25) is 0 Å². The van der Waals surface area contributed by atoms with Crippen molar-refractivity contribution in [1.29, 1.82) is 0 Å². The first-order chi connectivity index (χ1) is 13.7. The second-order valence-corrected chi connectivity index (χ2v) is 9.40. The van der Waals surface area contributed by atoms with Gasteiger partial charge in [-0.1, -0.05) is 82.9 Å². The third kappa shape index (κ3) is 15.1. The van der Waals surface area contributed by atoms with Gasteiger partial charge in [-0.05, 0) is 12.5 Å². The molecule has 0 fully saturated rings. The van der Waals surface area contributed by atoms with Gasteiger partial charge in [-0.2, -0.15) is 12.8 Å². The van der Waals surface area contributed by atoms with E-state index >= 15 is 0 Å². The fraction of sp³-hybridized carbons (Fsp3) is 0.632. The monoisotopic (exact) mass is 493 g/mol. The molecule has 0 radical (unpaired) electrons. The predicted octanol–water partition coefficient (Wildman–Crippen LogP) is -3.11. The number of sulfonamides is 1. The van der Waals surface area contributed by atoms with E-state index in [4.69, 9.17) is 0 Å². The van der Waals surface area contributed by atoms with Crippen LogP contribution in [0.25, 0.3) is 0 Å². The van der Waals surface area contributed by atoms with Crippen LogP contribution in [0.3, 0.4) is 0 Å². The van der Waals surface area contributed by atoms with Gasteiger partial charge in [0.1, 0.15) is 0 Å². The average molecular weight is 494 g/mol. The Bertz CT molecular complexity index is 860. The van der Waals surface area contributed by atoms with Crippen LogP contribution in [0.5, 0.6) is 0 Å². The van der Waals surface area contributed by atoms with Gasteiger partial charge in [0, 0.05) is 11.5 Å². The van der Waals surface area contributed by atoms with Gasteiger partial charge in [0.25, 0.3) is 10.0 Å². The molecule has 1 aromatic carbocycles. The average Bonchev–Trinajstić information content (AvgIpc) is 2.89. The fourth-order valence-electron chi connectivity index (χ4n) is 2.83. The summed E-state index contributed by atoms with van der Waals surface area (Å²) < 4.78 is 59.6. The van der Waals surface area contributed by atoms with Crippen molar-refractivity contribution >= 4 is 26.3 Å². The number of unbranched alkanes of at least 4 members (excludes halogenated alkanes) is 9. The molecule has 1 aliphatic rings. The van der Waals surface area contributed by atoms with E-state index in [9.17, 15) is 26.5 Å². The zero-order valence-electron chi connectivity index (χ0n) is 18.7. The number of nitrogens with zero attached hydrogens (tertiary/aromatic N) is 1. The third-order valence-corrected chi connectivity index (χ3v) is 6.10. The molecule has 0 N–H and O–H groups in total. The zero-order valence-corrected chi connectivity index (χ0v) is 24.3. The zero-order chi connectivity index (χ0) is 21.8. The normalized spacial score (nSPS) is 13.7. The molecule has 166 valence electrons. The molecule has 0 bridgehead atoms. The van der Waals surface area contributed by atoms with Crippen LogP contribution in [0, 0.1) is 0 Å². The molecular weight excluding hydrogens is 464 g/mol. The van der Waals surface area contributed by atoms with E-state index in [2.05, 4.69) is 15.5 Å². The quantitative estimate of drug-likeness (QED) is 0.130. The maximum atomic E-state index is 11.1. The van der Waals surface area contributed by atoms with Crippen molar-refractivity contribution in [2.45, 2.75) is 76.0 Å². The molecule has 0 aliphatic carbocycles. The molecule has 0 spiro atoms. The second-order valence-electron chi connectivity index (χ2n) is 6.78. The first-order valence-electron chi connectivity index (χ1n) is 9.89. The number of benzene rings is 1. The molecule has 12 heteroatoms. The van der Waals surface area contributed by atoms with Gasteiger partial charge in [-0.3, -0.25) is 4.18 Å². The first kappa shape index (κ1) is 33.7. The van der Waals surface area contributed by atoms with Gasteiger partial charge in [-0.25, -0.2) is 8.42 Å². The summed E-state index contributed by atoms with van der Waals surface area (Å²) in [5.74, 6) is -0.675. The minimum Gasteiger partial charge on any atom is -0.858 e. The summed E-state index contributed by atoms with van der Waals surface area (Å²) in [6, 6.07) is 5.99. The van der Waals surface area contributed by atoms with Crippen LogP contribution < -0.4 is 64.2 Å². The molecule has 0 atom stereocenters. The SMILES string of the molecule is CCCCCCCCCCCCOS(=O)(=O)[O-].O=S1(=O)N=C([O-])c2ccccc21.[Na+].[Na+]. The van der Waals surface area contributed by atoms with Crippen LogP contribution >= 0.6 is 0 Å². The number of hydrogen-bond donors (Lipinski definition) is 0. The summed E-state index contributed by atoms with van der Waals surface area (Å²) in [5, 5.41) is 10.9. The Kier molecular flexibility index (Phi) is 19.5. The van der Waals surface area contributed by atoms with Gasteiger partial charge in [-0.15, -0.1) is 0 Å². The van der Waals surface area contributed by atoms with Gasteiger partial charge in [0.05, 0.1) is 11.5 Å². The molecule has 2 rings (SSSR count). The Hall–Kier alpha value is 0.510. The summed E-state index contributed by atoms with van der Waals surface area (Å²) in [6.07, 6.45) is 11.7. The summed E-state index contributed by atoms with van der Waals surface area (Å²) in [5.41, 5.74) is 0.164. The Morgan fingerprint density at radius 3 is 1.87 bits per heavy atom. The summed E-state index contributed by atoms with van der Waals surface area (Å²) >= 11 is 0. The second kappa shape index (κ2) is 17.9. The fourth-order valence-corrected chi connectivity index (χ4v) is 4.25. The minimum absolute atomic E-state index is 0. The molecule has 0 aromatic heterocycles. The first-order valence-corrected chi connectivity index (χ1v) is 12.7. The number of fused-ring (bicyclic) bond motifs is 1. The van der Waals surface area contributed by atoms with Crippen molar-refractivity contribution in [2.75, 3.05) is 6.61 Å². The van der Waals surface area contributed by atoms with Gasteiger partial charge in [0.2, 0.25) is 10.4 Å². The summed E-state index contributed by atoms with van der Waals surface area (Å²) in [4.78, 5) is 0.00926. The van der Waals surface area contributed by atoms with Crippen LogP contribution in [-0.2, 0) is 24.6 Å². The van der Waals surface area contributed by atoms with Gasteiger partial charge in [0.15, 0.2) is 0 Å². The molecule has 0 unspecified atom stereocenters. The molecule has 1 aliphatic heterocycles. The molecule has 1 aromatic rings. The molecule has 0 saturated heterocycles. The van der Waals surface area contributed by atoms with Crippen LogP contribution in [0.4, 0.5) is 0 Å². The van der Waals surface area contributed by atoms with E-state index in [1.807, 2.05) is 0 Å². The Morgan fingerprint density at radius 1 is 0.903 bits per heavy atom. The standard InChI is InChI=1S/C12H26O4S.C7H5NO3S.2Na/c1-2-3-4-5-6-7-8-9-10-11-12-16-17(13,14)15;9-7-5-3-1-2-4-6(5)12(10,11)8-7;;/h2-12H2,1H3,(H,13,14,15);1-4H,(H,8,9);;/q;;2*+1/p-2. The van der Waals surface area contributed by atoms with Crippen molar-refractivity contribution in [3.05, 3.63) is 29.8 Å². The maximum Gasteiger partial charge on any atom is 1.00 e. The van der Waals surface area contributed by atoms with E-state index in [1.54, 1.807) is 12.1 Å². The van der Waals surface area contributed by atoms with Crippen molar-refractivity contribution in [2.24, 2.45) is 4.40 Å². The van der Waals surface area contributed by atoms with Crippen LogP contribution in [0.15, 0.2) is 33.6 Å². The maximum absolute atomic E-state index is 11.1. The van der Waals surface area contributed by atoms with E-state index in [1.165, 1.54) is 57.1 Å². The Balaban J connectivity index is 0. The van der Waals surface area contributed by atoms with E-state index < -0.39 is 26.3 Å². The largest absolute Gasteiger partial charge is 1.00 e. The van der Waals surface area contributed by atoms with Gasteiger partial charge < -0.3 is 9.66 Å². The molecule has 0 saturated carbocycles. The Labute approximate surface area is 230 Å². The molecule has 31 heavy (non-hydrogen) atoms. The van der Waals surface area contributed by atoms with Crippen LogP contribution in [0.1, 0.15) is 76.7 Å². The molecular formula is C19H29NNa2O7S2. The van der Waals surface area contributed by atoms with E-state index in [0.29, 0.717) is 6.42 Å². The summed E-state index contributed by atoms with van der Waals surface area (Å²) in [7, 11) is -8.16. The molecule has 1 heterocycles. The predicted molar refractivity (Wildman–Crippen MR) is 108 cm³/mol. The van der Waals surface area contributed by atoms with Gasteiger partial charge >= 0.3 is 59.1 Å².